The van der Waals surface area contributed by atoms with Crippen molar-refractivity contribution in [1.82, 2.24) is 0 Å². The van der Waals surface area contributed by atoms with E-state index >= 15 is 0 Å². The van der Waals surface area contributed by atoms with E-state index < -0.39 is 0 Å². The smallest absolute Gasteiger partial charge is 0.00651 e. The fourth-order valence-electron chi connectivity index (χ4n) is 3.71. The Morgan fingerprint density at radius 2 is 1.26 bits per heavy atom. The molecule has 0 unspecified atom stereocenters. The average Bonchev–Trinajstić information content (AvgIpc) is 2.44. The van der Waals surface area contributed by atoms with Gasteiger partial charge in [-0.2, -0.15) is 0 Å². The highest BCUT2D eigenvalue weighted by molar-refractivity contribution is 6.10. The van der Waals surface area contributed by atoms with E-state index in [-0.39, 0.29) is 10.8 Å². The van der Waals surface area contributed by atoms with Crippen molar-refractivity contribution in [3.05, 3.63) is 59.2 Å². The van der Waals surface area contributed by atoms with Crippen LogP contribution in [0.3, 0.4) is 0 Å². The van der Waals surface area contributed by atoms with Crippen LogP contribution in [-0.2, 0) is 10.8 Å². The minimum atomic E-state index is 0.121. The van der Waals surface area contributed by atoms with Crippen LogP contribution < -0.4 is 0 Å². The second-order valence-electron chi connectivity index (χ2n) is 8.81. The second kappa shape index (κ2) is 5.09. The van der Waals surface area contributed by atoms with Gasteiger partial charge in [0.15, 0.2) is 0 Å². The molecule has 0 aliphatic carbocycles. The maximum absolute atomic E-state index is 2.46. The Morgan fingerprint density at radius 1 is 0.652 bits per heavy atom. The molecule has 0 nitrogen and oxygen atoms in total. The molecule has 3 aromatic rings. The normalized spacial score (nSPS) is 13.0. The number of fused-ring (bicyclic) bond motifs is 3. The Bertz CT molecular complexity index is 884. The molecule has 0 N–H and O–H groups in total. The van der Waals surface area contributed by atoms with Crippen LogP contribution >= 0.6 is 0 Å². The Kier molecular flexibility index (Phi) is 3.55. The van der Waals surface area contributed by atoms with Gasteiger partial charge < -0.3 is 0 Å². The van der Waals surface area contributed by atoms with Gasteiger partial charge in [0, 0.05) is 0 Å². The van der Waals surface area contributed by atoms with E-state index in [2.05, 4.69) is 90.9 Å². The minimum Gasteiger partial charge on any atom is -0.0616 e. The Morgan fingerprint density at radius 3 is 1.87 bits per heavy atom. The number of hydrogen-bond acceptors (Lipinski definition) is 0. The summed E-state index contributed by atoms with van der Waals surface area (Å²) in [5.41, 5.74) is 4.62. The van der Waals surface area contributed by atoms with Gasteiger partial charge >= 0.3 is 0 Å². The highest BCUT2D eigenvalue weighted by Crippen LogP contribution is 2.40. The van der Waals surface area contributed by atoms with E-state index in [0.29, 0.717) is 0 Å². The monoisotopic (exact) mass is 304 g/mol. The van der Waals surface area contributed by atoms with Crippen molar-refractivity contribution >= 4 is 21.5 Å². The summed E-state index contributed by atoms with van der Waals surface area (Å²) < 4.78 is 0. The van der Waals surface area contributed by atoms with Gasteiger partial charge in [-0.1, -0.05) is 84.0 Å². The predicted molar refractivity (Wildman–Crippen MR) is 104 cm³/mol. The van der Waals surface area contributed by atoms with E-state index in [4.69, 9.17) is 0 Å². The van der Waals surface area contributed by atoms with Crippen molar-refractivity contribution in [2.45, 2.75) is 59.3 Å². The second-order valence-corrected chi connectivity index (χ2v) is 8.81. The van der Waals surface area contributed by atoms with Gasteiger partial charge in [-0.05, 0) is 56.0 Å². The van der Waals surface area contributed by atoms with Crippen LogP contribution in [0.2, 0.25) is 0 Å². The van der Waals surface area contributed by atoms with Gasteiger partial charge in [0.05, 0.1) is 0 Å². The third kappa shape index (κ3) is 2.65. The summed E-state index contributed by atoms with van der Waals surface area (Å²) in [6, 6.07) is 15.8. The standard InChI is InChI=1S/C23H28/c1-15-17-13-12-16-10-8-9-11-18(16)21(17)20(23(5,6)7)14-19(15)22(2,3)4/h8-14H,1-7H3. The molecule has 23 heavy (non-hydrogen) atoms. The molecule has 0 heteroatoms. The van der Waals surface area contributed by atoms with Crippen LogP contribution in [0.15, 0.2) is 42.5 Å². The molecule has 0 bridgehead atoms. The SMILES string of the molecule is Cc1c(C(C)(C)C)cc(C(C)(C)C)c2c1ccc1ccccc12. The topological polar surface area (TPSA) is 0 Å². The molecule has 0 saturated heterocycles. The summed E-state index contributed by atoms with van der Waals surface area (Å²) in [5.74, 6) is 0. The zero-order valence-electron chi connectivity index (χ0n) is 15.5. The highest BCUT2D eigenvalue weighted by atomic mass is 14.3. The molecule has 120 valence electrons. The molecule has 0 fully saturated rings. The third-order valence-electron chi connectivity index (χ3n) is 4.91. The van der Waals surface area contributed by atoms with Crippen LogP contribution in [0.4, 0.5) is 0 Å². The van der Waals surface area contributed by atoms with E-state index in [9.17, 15) is 0 Å². The lowest BCUT2D eigenvalue weighted by molar-refractivity contribution is 0.570. The predicted octanol–water partition coefficient (Wildman–Crippen LogP) is 6.90. The molecule has 0 aromatic heterocycles. The summed E-state index contributed by atoms with van der Waals surface area (Å²) in [5, 5.41) is 5.54. The van der Waals surface area contributed by atoms with Gasteiger partial charge in [-0.3, -0.25) is 0 Å². The molecule has 0 spiro atoms. The Hall–Kier alpha value is -1.82. The first-order valence-corrected chi connectivity index (χ1v) is 8.57. The molecule has 3 aromatic carbocycles. The summed E-state index contributed by atoms with van der Waals surface area (Å²) in [6.07, 6.45) is 0. The lowest BCUT2D eigenvalue weighted by Crippen LogP contribution is -2.18. The van der Waals surface area contributed by atoms with Crippen molar-refractivity contribution < 1.29 is 0 Å². The van der Waals surface area contributed by atoms with Gasteiger partial charge in [0.2, 0.25) is 0 Å². The van der Waals surface area contributed by atoms with Crippen molar-refractivity contribution in [2.24, 2.45) is 0 Å². The summed E-state index contributed by atoms with van der Waals surface area (Å²) in [6.45, 7) is 16.2. The van der Waals surface area contributed by atoms with E-state index in [1.807, 2.05) is 0 Å². The molecule has 0 aliphatic rings. The van der Waals surface area contributed by atoms with Crippen molar-refractivity contribution in [2.75, 3.05) is 0 Å². The largest absolute Gasteiger partial charge is 0.0616 e. The van der Waals surface area contributed by atoms with Gasteiger partial charge in [-0.25, -0.2) is 0 Å². The van der Waals surface area contributed by atoms with Gasteiger partial charge in [0.25, 0.3) is 0 Å². The molecule has 0 aliphatic heterocycles. The molecule has 0 heterocycles. The molecular weight excluding hydrogens is 276 g/mol. The van der Waals surface area contributed by atoms with Crippen LogP contribution in [0.25, 0.3) is 21.5 Å². The van der Waals surface area contributed by atoms with Crippen LogP contribution in [0.1, 0.15) is 58.2 Å². The quantitative estimate of drug-likeness (QED) is 0.396. The van der Waals surface area contributed by atoms with Crippen LogP contribution in [0.5, 0.6) is 0 Å². The van der Waals surface area contributed by atoms with Crippen molar-refractivity contribution in [3.8, 4) is 0 Å². The summed E-state index contributed by atoms with van der Waals surface area (Å²) in [4.78, 5) is 0. The number of aryl methyl sites for hydroxylation is 1. The zero-order valence-corrected chi connectivity index (χ0v) is 15.5. The number of hydrogen-bond donors (Lipinski definition) is 0. The summed E-state index contributed by atoms with van der Waals surface area (Å²) >= 11 is 0. The maximum Gasteiger partial charge on any atom is -0.00651 e. The third-order valence-corrected chi connectivity index (χ3v) is 4.91. The van der Waals surface area contributed by atoms with Gasteiger partial charge in [0.1, 0.15) is 0 Å². The lowest BCUT2D eigenvalue weighted by atomic mass is 9.75. The van der Waals surface area contributed by atoms with E-state index in [1.54, 1.807) is 0 Å². The Labute approximate surface area is 140 Å². The fourth-order valence-corrected chi connectivity index (χ4v) is 3.71. The van der Waals surface area contributed by atoms with Crippen molar-refractivity contribution in [1.29, 1.82) is 0 Å². The van der Waals surface area contributed by atoms with Crippen LogP contribution in [0, 0.1) is 6.92 Å². The zero-order chi connectivity index (χ0) is 17.0. The molecule has 0 amide bonds. The first-order chi connectivity index (χ1) is 10.6. The number of rotatable bonds is 0. The molecule has 3 rings (SSSR count). The first-order valence-electron chi connectivity index (χ1n) is 8.57. The van der Waals surface area contributed by atoms with E-state index in [1.165, 1.54) is 38.2 Å². The van der Waals surface area contributed by atoms with Crippen molar-refractivity contribution in [3.63, 3.8) is 0 Å². The molecule has 0 radical (unpaired) electrons. The van der Waals surface area contributed by atoms with E-state index in [0.717, 1.165) is 0 Å². The molecular formula is C23H28. The summed E-state index contributed by atoms with van der Waals surface area (Å²) in [7, 11) is 0. The molecule has 0 saturated carbocycles. The maximum atomic E-state index is 2.46. The lowest BCUT2D eigenvalue weighted by Gasteiger charge is -2.29. The Balaban J connectivity index is 2.58. The molecule has 0 atom stereocenters. The van der Waals surface area contributed by atoms with Gasteiger partial charge in [-0.15, -0.1) is 0 Å². The number of benzene rings is 3. The highest BCUT2D eigenvalue weighted by Gasteiger charge is 2.25. The average molecular weight is 304 g/mol. The first kappa shape index (κ1) is 16.1. The minimum absolute atomic E-state index is 0.121. The fraction of sp³-hybridized carbons (Fsp3) is 0.391. The van der Waals surface area contributed by atoms with Crippen LogP contribution in [-0.4, -0.2) is 0 Å².